The summed E-state index contributed by atoms with van der Waals surface area (Å²) in [5.74, 6) is 0.328. The second-order valence-corrected chi connectivity index (χ2v) is 5.72. The van der Waals surface area contributed by atoms with Gasteiger partial charge in [-0.05, 0) is 19.8 Å². The molecule has 6 nitrogen and oxygen atoms in total. The van der Waals surface area contributed by atoms with Crippen LogP contribution in [0.5, 0.6) is 0 Å². The van der Waals surface area contributed by atoms with E-state index in [2.05, 4.69) is 14.9 Å². The van der Waals surface area contributed by atoms with E-state index in [-0.39, 0.29) is 11.9 Å². The van der Waals surface area contributed by atoms with Crippen LogP contribution in [-0.4, -0.2) is 37.1 Å². The Hall–Kier alpha value is -1.08. The number of sulfonamides is 1. The third kappa shape index (κ3) is 2.96. The summed E-state index contributed by atoms with van der Waals surface area (Å²) in [5, 5.41) is 6.50. The maximum atomic E-state index is 11.7. The second kappa shape index (κ2) is 4.42. The number of hydrogen-bond donors (Lipinski definition) is 2. The molecule has 2 rings (SSSR count). The van der Waals surface area contributed by atoms with Crippen molar-refractivity contribution in [1.82, 2.24) is 10.2 Å². The summed E-state index contributed by atoms with van der Waals surface area (Å²) in [6.45, 7) is 2.46. The number of ether oxygens (including phenoxy) is 1. The van der Waals surface area contributed by atoms with Crippen LogP contribution in [-0.2, 0) is 14.8 Å². The first kappa shape index (κ1) is 11.4. The minimum absolute atomic E-state index is 0.00108. The molecule has 0 aromatic carbocycles. The summed E-state index contributed by atoms with van der Waals surface area (Å²) in [6, 6.07) is 1.65. The van der Waals surface area contributed by atoms with E-state index in [4.69, 9.17) is 4.74 Å². The fourth-order valence-electron chi connectivity index (χ4n) is 1.69. The number of nitrogens with zero attached hydrogens (tertiary/aromatic N) is 1. The van der Waals surface area contributed by atoms with Crippen molar-refractivity contribution in [3.05, 3.63) is 11.8 Å². The number of hydrogen-bond acceptors (Lipinski definition) is 4. The van der Waals surface area contributed by atoms with Crippen molar-refractivity contribution >= 4 is 15.8 Å². The largest absolute Gasteiger partial charge is 0.377 e. The molecule has 1 fully saturated rings. The van der Waals surface area contributed by atoms with Gasteiger partial charge in [-0.3, -0.25) is 9.82 Å². The van der Waals surface area contributed by atoms with E-state index in [9.17, 15) is 8.42 Å². The molecule has 1 aliphatic heterocycles. The highest BCUT2D eigenvalue weighted by atomic mass is 32.2. The topological polar surface area (TPSA) is 84.1 Å². The van der Waals surface area contributed by atoms with Gasteiger partial charge in [-0.25, -0.2) is 8.42 Å². The first-order chi connectivity index (χ1) is 7.55. The van der Waals surface area contributed by atoms with Crippen molar-refractivity contribution in [2.75, 3.05) is 17.1 Å². The van der Waals surface area contributed by atoms with Crippen molar-refractivity contribution in [2.45, 2.75) is 25.9 Å². The average molecular weight is 245 g/mol. The predicted octanol–water partition coefficient (Wildman–Crippen LogP) is 0.639. The number of aryl methyl sites for hydroxylation is 1. The van der Waals surface area contributed by atoms with Crippen molar-refractivity contribution in [3.63, 3.8) is 0 Å². The summed E-state index contributed by atoms with van der Waals surface area (Å²) in [5.41, 5.74) is 0.815. The smallest absolute Gasteiger partial charge is 0.236 e. The molecule has 0 spiro atoms. The molecule has 1 aliphatic rings. The lowest BCUT2D eigenvalue weighted by Crippen LogP contribution is -2.25. The Labute approximate surface area is 94.4 Å². The molecule has 1 aromatic rings. The third-order valence-corrected chi connectivity index (χ3v) is 3.73. The quantitative estimate of drug-likeness (QED) is 0.815. The van der Waals surface area contributed by atoms with Crippen molar-refractivity contribution in [2.24, 2.45) is 0 Å². The minimum atomic E-state index is -3.36. The summed E-state index contributed by atoms with van der Waals surface area (Å²) in [4.78, 5) is 0. The molecule has 1 unspecified atom stereocenters. The van der Waals surface area contributed by atoms with Gasteiger partial charge in [0.25, 0.3) is 0 Å². The van der Waals surface area contributed by atoms with Gasteiger partial charge in [0.15, 0.2) is 5.82 Å². The Morgan fingerprint density at radius 2 is 2.50 bits per heavy atom. The maximum absolute atomic E-state index is 11.7. The lowest BCUT2D eigenvalue weighted by Gasteiger charge is -2.10. The van der Waals surface area contributed by atoms with Gasteiger partial charge in [0.2, 0.25) is 10.0 Å². The Balaban J connectivity index is 1.96. The highest BCUT2D eigenvalue weighted by molar-refractivity contribution is 7.92. The molecule has 2 N–H and O–H groups in total. The van der Waals surface area contributed by atoms with E-state index < -0.39 is 10.0 Å². The fourth-order valence-corrected chi connectivity index (χ4v) is 2.95. The minimum Gasteiger partial charge on any atom is -0.377 e. The molecule has 1 atom stereocenters. The molecule has 0 aliphatic carbocycles. The summed E-state index contributed by atoms with van der Waals surface area (Å²) < 4.78 is 31.1. The van der Waals surface area contributed by atoms with E-state index in [1.807, 2.05) is 6.92 Å². The zero-order valence-electron chi connectivity index (χ0n) is 9.06. The number of anilines is 1. The van der Waals surface area contributed by atoms with Crippen molar-refractivity contribution in [1.29, 1.82) is 0 Å². The van der Waals surface area contributed by atoms with E-state index in [0.29, 0.717) is 12.4 Å². The number of H-pyrrole nitrogens is 1. The highest BCUT2D eigenvalue weighted by Crippen LogP contribution is 2.15. The molecule has 1 aromatic heterocycles. The Morgan fingerprint density at radius 3 is 3.06 bits per heavy atom. The SMILES string of the molecule is Cc1cc(NS(=O)(=O)CC2CCCO2)n[nH]1. The van der Waals surface area contributed by atoms with Gasteiger partial charge in [-0.1, -0.05) is 0 Å². The van der Waals surface area contributed by atoms with Crippen molar-refractivity contribution < 1.29 is 13.2 Å². The fraction of sp³-hybridized carbons (Fsp3) is 0.667. The van der Waals surface area contributed by atoms with Gasteiger partial charge >= 0.3 is 0 Å². The number of rotatable bonds is 4. The van der Waals surface area contributed by atoms with Crippen LogP contribution in [0.2, 0.25) is 0 Å². The molecular weight excluding hydrogens is 230 g/mol. The van der Waals surface area contributed by atoms with Crippen LogP contribution < -0.4 is 4.72 Å². The molecule has 0 saturated carbocycles. The molecule has 0 bridgehead atoms. The van der Waals surface area contributed by atoms with Gasteiger partial charge in [0.1, 0.15) is 0 Å². The molecule has 0 amide bonds. The lowest BCUT2D eigenvalue weighted by molar-refractivity contribution is 0.127. The monoisotopic (exact) mass is 245 g/mol. The number of nitrogens with one attached hydrogen (secondary N) is 2. The first-order valence-corrected chi connectivity index (χ1v) is 6.84. The average Bonchev–Trinajstić information content (AvgIpc) is 2.76. The Morgan fingerprint density at radius 1 is 1.69 bits per heavy atom. The molecule has 16 heavy (non-hydrogen) atoms. The van der Waals surface area contributed by atoms with Gasteiger partial charge in [-0.15, -0.1) is 0 Å². The number of aromatic amines is 1. The summed E-state index contributed by atoms with van der Waals surface area (Å²) in [7, 11) is -3.36. The Bertz CT molecular complexity index is 448. The standard InChI is InChI=1S/C9H15N3O3S/c1-7-5-9(11-10-7)12-16(13,14)6-8-3-2-4-15-8/h5,8H,2-4,6H2,1H3,(H2,10,11,12). The maximum Gasteiger partial charge on any atom is 0.236 e. The summed E-state index contributed by atoms with van der Waals surface area (Å²) >= 11 is 0. The van der Waals surface area contributed by atoms with Gasteiger partial charge in [-0.2, -0.15) is 5.10 Å². The highest BCUT2D eigenvalue weighted by Gasteiger charge is 2.23. The Kier molecular flexibility index (Phi) is 3.15. The van der Waals surface area contributed by atoms with Crippen molar-refractivity contribution in [3.8, 4) is 0 Å². The molecular formula is C9H15N3O3S. The summed E-state index contributed by atoms with van der Waals surface area (Å²) in [6.07, 6.45) is 1.56. The third-order valence-electron chi connectivity index (χ3n) is 2.40. The van der Waals surface area contributed by atoms with Gasteiger partial charge in [0.05, 0.1) is 11.9 Å². The molecule has 90 valence electrons. The van der Waals surface area contributed by atoms with Crippen LogP contribution in [0.15, 0.2) is 6.07 Å². The zero-order valence-corrected chi connectivity index (χ0v) is 9.88. The second-order valence-electron chi connectivity index (χ2n) is 3.95. The predicted molar refractivity (Wildman–Crippen MR) is 59.7 cm³/mol. The van der Waals surface area contributed by atoms with Crippen LogP contribution in [0, 0.1) is 6.92 Å². The molecule has 1 saturated heterocycles. The number of aromatic nitrogens is 2. The van der Waals surface area contributed by atoms with Crippen LogP contribution >= 0.6 is 0 Å². The molecule has 7 heteroatoms. The first-order valence-electron chi connectivity index (χ1n) is 5.19. The van der Waals surface area contributed by atoms with E-state index in [0.717, 1.165) is 18.5 Å². The van der Waals surface area contributed by atoms with Crippen LogP contribution in [0.25, 0.3) is 0 Å². The van der Waals surface area contributed by atoms with E-state index in [1.54, 1.807) is 6.07 Å². The lowest BCUT2D eigenvalue weighted by atomic mass is 10.3. The molecule has 0 radical (unpaired) electrons. The van der Waals surface area contributed by atoms with Gasteiger partial charge in [0, 0.05) is 18.4 Å². The van der Waals surface area contributed by atoms with Crippen LogP contribution in [0.1, 0.15) is 18.5 Å². The van der Waals surface area contributed by atoms with Crippen LogP contribution in [0.3, 0.4) is 0 Å². The van der Waals surface area contributed by atoms with Gasteiger partial charge < -0.3 is 4.74 Å². The van der Waals surface area contributed by atoms with Crippen LogP contribution in [0.4, 0.5) is 5.82 Å². The molecule has 2 heterocycles. The normalized spacial score (nSPS) is 21.2. The van der Waals surface area contributed by atoms with E-state index >= 15 is 0 Å². The zero-order chi connectivity index (χ0) is 11.6. The van der Waals surface area contributed by atoms with E-state index in [1.165, 1.54) is 0 Å².